The van der Waals surface area contributed by atoms with Gasteiger partial charge in [-0.3, -0.25) is 10.6 Å². The summed E-state index contributed by atoms with van der Waals surface area (Å²) >= 11 is 0. The first-order valence-electron chi connectivity index (χ1n) is 7.52. The molecule has 0 spiro atoms. The molecule has 2 saturated carbocycles. The van der Waals surface area contributed by atoms with E-state index in [1.165, 1.54) is 38.8 Å². The summed E-state index contributed by atoms with van der Waals surface area (Å²) in [4.78, 5) is 0. The molecule has 2 bridgehead atoms. The highest BCUT2D eigenvalue weighted by atomic mass is 15.2. The molecule has 2 aliphatic carbocycles. The summed E-state index contributed by atoms with van der Waals surface area (Å²) in [6, 6.07) is 1.52. The molecule has 96 valence electrons. The third-order valence-electron chi connectivity index (χ3n) is 5.82. The van der Waals surface area contributed by atoms with Crippen molar-refractivity contribution in [2.45, 2.75) is 50.9 Å². The van der Waals surface area contributed by atoms with Crippen LogP contribution in [0.15, 0.2) is 0 Å². The molecule has 3 N–H and O–H groups in total. The summed E-state index contributed by atoms with van der Waals surface area (Å²) in [6.07, 6.45) is 6.38. The topological polar surface area (TPSA) is 36.1 Å². The summed E-state index contributed by atoms with van der Waals surface area (Å²) in [5.41, 5.74) is 0. The fourth-order valence-corrected chi connectivity index (χ4v) is 5.22. The van der Waals surface area contributed by atoms with Gasteiger partial charge in [0.15, 0.2) is 0 Å². The van der Waals surface area contributed by atoms with Gasteiger partial charge in [-0.25, -0.2) is 0 Å². The minimum Gasteiger partial charge on any atom is -0.316 e. The first-order valence-corrected chi connectivity index (χ1v) is 7.52. The molecular formula is C14H25N3. The molecule has 4 aliphatic rings. The van der Waals surface area contributed by atoms with Crippen LogP contribution in [0.2, 0.25) is 0 Å². The largest absolute Gasteiger partial charge is 0.316 e. The maximum absolute atomic E-state index is 3.73. The second-order valence-corrected chi connectivity index (χ2v) is 6.92. The van der Waals surface area contributed by atoms with Crippen LogP contribution in [0.5, 0.6) is 0 Å². The van der Waals surface area contributed by atoms with Gasteiger partial charge in [-0.15, -0.1) is 0 Å². The SMILES string of the molecule is CC1NC2CC3CC4CNCC(C4)C3CC2N1. The van der Waals surface area contributed by atoms with Gasteiger partial charge in [-0.2, -0.15) is 0 Å². The first-order chi connectivity index (χ1) is 8.29. The van der Waals surface area contributed by atoms with Crippen LogP contribution in [0.4, 0.5) is 0 Å². The van der Waals surface area contributed by atoms with E-state index in [0.717, 1.165) is 35.8 Å². The average Bonchev–Trinajstić information content (AvgIpc) is 2.66. The summed E-state index contributed by atoms with van der Waals surface area (Å²) in [7, 11) is 0. The molecule has 17 heavy (non-hydrogen) atoms. The van der Waals surface area contributed by atoms with Gasteiger partial charge < -0.3 is 5.32 Å². The highest BCUT2D eigenvalue weighted by molar-refractivity contribution is 5.03. The van der Waals surface area contributed by atoms with Crippen molar-refractivity contribution in [1.29, 1.82) is 0 Å². The van der Waals surface area contributed by atoms with Crippen molar-refractivity contribution >= 4 is 0 Å². The van der Waals surface area contributed by atoms with Gasteiger partial charge in [0.05, 0.1) is 6.17 Å². The molecule has 2 aliphatic heterocycles. The van der Waals surface area contributed by atoms with E-state index >= 15 is 0 Å². The van der Waals surface area contributed by atoms with Crippen LogP contribution in [0.25, 0.3) is 0 Å². The van der Waals surface area contributed by atoms with E-state index in [1.807, 2.05) is 0 Å². The molecule has 2 saturated heterocycles. The smallest absolute Gasteiger partial charge is 0.0547 e. The highest BCUT2D eigenvalue weighted by Crippen LogP contribution is 2.47. The van der Waals surface area contributed by atoms with Crippen LogP contribution in [-0.2, 0) is 0 Å². The summed E-state index contributed by atoms with van der Waals surface area (Å²) in [6.45, 7) is 4.84. The molecule has 4 fully saturated rings. The van der Waals surface area contributed by atoms with Gasteiger partial charge in [0, 0.05) is 12.1 Å². The molecule has 2 heterocycles. The summed E-state index contributed by atoms with van der Waals surface area (Å²) < 4.78 is 0. The van der Waals surface area contributed by atoms with Crippen molar-refractivity contribution in [1.82, 2.24) is 16.0 Å². The van der Waals surface area contributed by atoms with Crippen LogP contribution < -0.4 is 16.0 Å². The Morgan fingerprint density at radius 1 is 0.824 bits per heavy atom. The zero-order valence-corrected chi connectivity index (χ0v) is 10.8. The van der Waals surface area contributed by atoms with Crippen LogP contribution in [0.3, 0.4) is 0 Å². The maximum atomic E-state index is 3.73. The van der Waals surface area contributed by atoms with E-state index in [4.69, 9.17) is 0 Å². The number of nitrogens with one attached hydrogen (secondary N) is 3. The minimum atomic E-state index is 0.530. The molecular weight excluding hydrogens is 210 g/mol. The number of hydrogen-bond acceptors (Lipinski definition) is 3. The zero-order valence-electron chi connectivity index (χ0n) is 10.8. The Hall–Kier alpha value is -0.120. The normalized spacial score (nSPS) is 57.4. The van der Waals surface area contributed by atoms with Crippen LogP contribution in [0.1, 0.15) is 32.6 Å². The predicted molar refractivity (Wildman–Crippen MR) is 68.6 cm³/mol. The van der Waals surface area contributed by atoms with Crippen molar-refractivity contribution < 1.29 is 0 Å². The Morgan fingerprint density at radius 2 is 1.59 bits per heavy atom. The molecule has 0 aromatic rings. The number of piperidine rings is 1. The van der Waals surface area contributed by atoms with Gasteiger partial charge in [0.1, 0.15) is 0 Å². The minimum absolute atomic E-state index is 0.530. The molecule has 7 atom stereocenters. The third kappa shape index (κ3) is 1.74. The number of rotatable bonds is 0. The second kappa shape index (κ2) is 3.94. The fraction of sp³-hybridized carbons (Fsp3) is 1.00. The Labute approximate surface area is 104 Å². The molecule has 7 unspecified atom stereocenters. The molecule has 0 amide bonds. The van der Waals surface area contributed by atoms with E-state index in [-0.39, 0.29) is 0 Å². The number of hydrogen-bond donors (Lipinski definition) is 3. The Bertz CT molecular complexity index is 306. The van der Waals surface area contributed by atoms with Crippen LogP contribution in [-0.4, -0.2) is 31.3 Å². The van der Waals surface area contributed by atoms with E-state index in [2.05, 4.69) is 22.9 Å². The quantitative estimate of drug-likeness (QED) is 0.584. The van der Waals surface area contributed by atoms with Gasteiger partial charge in [0.2, 0.25) is 0 Å². The molecule has 3 heteroatoms. The highest BCUT2D eigenvalue weighted by Gasteiger charge is 2.47. The Kier molecular flexibility index (Phi) is 2.50. The lowest BCUT2D eigenvalue weighted by Crippen LogP contribution is -2.53. The average molecular weight is 235 g/mol. The number of fused-ring (bicyclic) bond motifs is 5. The molecule has 0 radical (unpaired) electrons. The monoisotopic (exact) mass is 235 g/mol. The van der Waals surface area contributed by atoms with Gasteiger partial charge in [0.25, 0.3) is 0 Å². The third-order valence-corrected chi connectivity index (χ3v) is 5.82. The zero-order chi connectivity index (χ0) is 11.4. The van der Waals surface area contributed by atoms with E-state index in [9.17, 15) is 0 Å². The van der Waals surface area contributed by atoms with E-state index < -0.39 is 0 Å². The van der Waals surface area contributed by atoms with Crippen molar-refractivity contribution in [3.63, 3.8) is 0 Å². The molecule has 0 aromatic carbocycles. The first kappa shape index (κ1) is 10.8. The van der Waals surface area contributed by atoms with Crippen molar-refractivity contribution in [3.05, 3.63) is 0 Å². The summed E-state index contributed by atoms with van der Waals surface area (Å²) in [5, 5.41) is 11.1. The molecule has 0 aromatic heterocycles. The van der Waals surface area contributed by atoms with Crippen LogP contribution >= 0.6 is 0 Å². The Balaban J connectivity index is 1.54. The second-order valence-electron chi connectivity index (χ2n) is 6.92. The van der Waals surface area contributed by atoms with Crippen molar-refractivity contribution in [2.75, 3.05) is 13.1 Å². The lowest BCUT2D eigenvalue weighted by Gasteiger charge is -2.50. The van der Waals surface area contributed by atoms with Crippen molar-refractivity contribution in [3.8, 4) is 0 Å². The van der Waals surface area contributed by atoms with Crippen molar-refractivity contribution in [2.24, 2.45) is 23.7 Å². The van der Waals surface area contributed by atoms with Crippen LogP contribution in [0, 0.1) is 23.7 Å². The van der Waals surface area contributed by atoms with Gasteiger partial charge in [-0.1, -0.05) is 0 Å². The lowest BCUT2D eigenvalue weighted by atomic mass is 9.59. The maximum Gasteiger partial charge on any atom is 0.0547 e. The molecule has 4 rings (SSSR count). The van der Waals surface area contributed by atoms with E-state index in [0.29, 0.717) is 6.17 Å². The fourth-order valence-electron chi connectivity index (χ4n) is 5.22. The lowest BCUT2D eigenvalue weighted by molar-refractivity contribution is 0.0299. The Morgan fingerprint density at radius 3 is 2.47 bits per heavy atom. The standard InChI is InChI=1S/C14H25N3/c1-8-16-13-4-10-2-9-3-11(7-15-6-9)12(10)5-14(13)17-8/h8-17H,2-7H2,1H3. The predicted octanol–water partition coefficient (Wildman–Crippen LogP) is 0.918. The van der Waals surface area contributed by atoms with E-state index in [1.54, 1.807) is 0 Å². The van der Waals surface area contributed by atoms with Gasteiger partial charge in [-0.05, 0) is 69.4 Å². The molecule has 3 nitrogen and oxygen atoms in total. The summed E-state index contributed by atoms with van der Waals surface area (Å²) in [5.74, 6) is 3.98. The van der Waals surface area contributed by atoms with Gasteiger partial charge >= 0.3 is 0 Å².